The van der Waals surface area contributed by atoms with Crippen molar-refractivity contribution >= 4 is 23.7 Å². The van der Waals surface area contributed by atoms with E-state index in [-0.39, 0.29) is 36.7 Å². The summed E-state index contributed by atoms with van der Waals surface area (Å²) in [7, 11) is 3.21. The van der Waals surface area contributed by atoms with Crippen LogP contribution in [0.4, 0.5) is 10.6 Å². The molecule has 0 saturated heterocycles. The van der Waals surface area contributed by atoms with Gasteiger partial charge in [-0.25, -0.2) is 4.79 Å². The molecule has 1 aliphatic carbocycles. The first-order valence-corrected chi connectivity index (χ1v) is 7.88. The smallest absolute Gasteiger partial charge is 0.344 e. The van der Waals surface area contributed by atoms with Crippen LogP contribution in [0.25, 0.3) is 0 Å². The molecule has 2 amide bonds. The molecule has 1 fully saturated rings. The number of nitrogens with two attached hydrogens (primary N) is 1. The van der Waals surface area contributed by atoms with Crippen molar-refractivity contribution in [3.05, 3.63) is 11.8 Å². The van der Waals surface area contributed by atoms with Crippen molar-refractivity contribution in [3.8, 4) is 0 Å². The zero-order valence-corrected chi connectivity index (χ0v) is 14.1. The molecular formula is C15H23N5O4. The number of carbonyl (C=O) groups excluding carboxylic acids is 3. The van der Waals surface area contributed by atoms with E-state index in [2.05, 4.69) is 10.4 Å². The molecule has 0 radical (unpaired) electrons. The van der Waals surface area contributed by atoms with Crippen LogP contribution >= 0.6 is 0 Å². The lowest BCUT2D eigenvalue weighted by Crippen LogP contribution is -2.43. The van der Waals surface area contributed by atoms with E-state index in [1.807, 2.05) is 0 Å². The van der Waals surface area contributed by atoms with Crippen molar-refractivity contribution < 1.29 is 19.1 Å². The predicted octanol–water partition coefficient (Wildman–Crippen LogP) is 0.542. The van der Waals surface area contributed by atoms with Crippen LogP contribution in [-0.2, 0) is 20.9 Å². The van der Waals surface area contributed by atoms with Crippen LogP contribution in [0.15, 0.2) is 6.20 Å². The van der Waals surface area contributed by atoms with Crippen molar-refractivity contribution in [1.82, 2.24) is 14.7 Å². The summed E-state index contributed by atoms with van der Waals surface area (Å²) >= 11 is 0. The molecule has 1 aliphatic rings. The molecule has 9 heteroatoms. The molecule has 1 heterocycles. The molecule has 0 aromatic carbocycles. The molecule has 1 aromatic rings. The van der Waals surface area contributed by atoms with Crippen LogP contribution in [0.5, 0.6) is 0 Å². The molecule has 2 rings (SSSR count). The highest BCUT2D eigenvalue weighted by Crippen LogP contribution is 2.32. The molecule has 0 aliphatic heterocycles. The average Bonchev–Trinajstić information content (AvgIpc) is 2.92. The molecule has 1 aromatic heterocycles. The SMILES string of the molecule is CCC(=O)OC1CCC1C(=O)Nc1nn(C(=O)N(C)C)cc1CN. The Hall–Kier alpha value is -2.42. The maximum atomic E-state index is 12.4. The zero-order valence-electron chi connectivity index (χ0n) is 14.1. The van der Waals surface area contributed by atoms with E-state index < -0.39 is 12.0 Å². The van der Waals surface area contributed by atoms with Gasteiger partial charge in [0.15, 0.2) is 5.82 Å². The van der Waals surface area contributed by atoms with E-state index in [1.54, 1.807) is 21.0 Å². The van der Waals surface area contributed by atoms with Crippen molar-refractivity contribution in [1.29, 1.82) is 0 Å². The third kappa shape index (κ3) is 3.73. The molecule has 132 valence electrons. The fourth-order valence-electron chi connectivity index (χ4n) is 2.34. The van der Waals surface area contributed by atoms with Gasteiger partial charge in [-0.15, -0.1) is 5.10 Å². The second-order valence-corrected chi connectivity index (χ2v) is 5.88. The second kappa shape index (κ2) is 7.43. The molecular weight excluding hydrogens is 314 g/mol. The number of esters is 1. The van der Waals surface area contributed by atoms with Gasteiger partial charge in [-0.2, -0.15) is 4.68 Å². The maximum Gasteiger partial charge on any atom is 0.344 e. The van der Waals surface area contributed by atoms with Gasteiger partial charge in [0.25, 0.3) is 0 Å². The number of carbonyl (C=O) groups is 3. The Morgan fingerprint density at radius 1 is 1.42 bits per heavy atom. The number of ether oxygens (including phenoxy) is 1. The maximum absolute atomic E-state index is 12.4. The number of aromatic nitrogens is 2. The minimum Gasteiger partial charge on any atom is -0.462 e. The fraction of sp³-hybridized carbons (Fsp3) is 0.600. The van der Waals surface area contributed by atoms with Gasteiger partial charge in [-0.3, -0.25) is 9.59 Å². The fourth-order valence-corrected chi connectivity index (χ4v) is 2.34. The summed E-state index contributed by atoms with van der Waals surface area (Å²) < 4.78 is 6.36. The van der Waals surface area contributed by atoms with E-state index in [0.717, 1.165) is 4.68 Å². The largest absolute Gasteiger partial charge is 0.462 e. The summed E-state index contributed by atoms with van der Waals surface area (Å²) in [6.07, 6.45) is 2.68. The number of nitrogens with one attached hydrogen (secondary N) is 1. The van der Waals surface area contributed by atoms with E-state index in [1.165, 1.54) is 11.1 Å². The predicted molar refractivity (Wildman–Crippen MR) is 86.1 cm³/mol. The van der Waals surface area contributed by atoms with Crippen LogP contribution in [0.1, 0.15) is 31.7 Å². The minimum absolute atomic E-state index is 0.134. The lowest BCUT2D eigenvalue weighted by Gasteiger charge is -2.34. The van der Waals surface area contributed by atoms with Gasteiger partial charge in [0, 0.05) is 38.8 Å². The van der Waals surface area contributed by atoms with Crippen molar-refractivity contribution in [2.75, 3.05) is 19.4 Å². The van der Waals surface area contributed by atoms with Crippen LogP contribution in [-0.4, -0.2) is 52.8 Å². The molecule has 24 heavy (non-hydrogen) atoms. The first-order valence-electron chi connectivity index (χ1n) is 7.88. The van der Waals surface area contributed by atoms with Gasteiger partial charge in [0.2, 0.25) is 5.91 Å². The highest BCUT2D eigenvalue weighted by atomic mass is 16.5. The van der Waals surface area contributed by atoms with Crippen LogP contribution < -0.4 is 11.1 Å². The molecule has 9 nitrogen and oxygen atoms in total. The topological polar surface area (TPSA) is 120 Å². The number of rotatable bonds is 5. The van der Waals surface area contributed by atoms with E-state index in [0.29, 0.717) is 18.4 Å². The Morgan fingerprint density at radius 2 is 2.12 bits per heavy atom. The summed E-state index contributed by atoms with van der Waals surface area (Å²) in [5.74, 6) is -0.751. The van der Waals surface area contributed by atoms with Crippen molar-refractivity contribution in [2.24, 2.45) is 11.7 Å². The average molecular weight is 337 g/mol. The number of anilines is 1. The normalized spacial score (nSPS) is 19.3. The molecule has 0 bridgehead atoms. The standard InChI is InChI=1S/C15H23N5O4/c1-4-12(21)24-11-6-5-10(11)14(22)17-13-9(7-16)8-20(18-13)15(23)19(2)3/h8,10-11H,4-7,16H2,1-3H3,(H,17,18,22). The molecule has 1 saturated carbocycles. The van der Waals surface area contributed by atoms with Gasteiger partial charge >= 0.3 is 12.0 Å². The first-order chi connectivity index (χ1) is 11.4. The Labute approximate surface area is 140 Å². The van der Waals surface area contributed by atoms with Crippen LogP contribution in [0, 0.1) is 5.92 Å². The highest BCUT2D eigenvalue weighted by Gasteiger charge is 2.39. The highest BCUT2D eigenvalue weighted by molar-refractivity contribution is 5.93. The third-order valence-corrected chi connectivity index (χ3v) is 3.95. The monoisotopic (exact) mass is 337 g/mol. The van der Waals surface area contributed by atoms with Gasteiger partial charge in [-0.05, 0) is 12.8 Å². The second-order valence-electron chi connectivity index (χ2n) is 5.88. The Morgan fingerprint density at radius 3 is 2.62 bits per heavy atom. The number of amides is 2. The van der Waals surface area contributed by atoms with Crippen LogP contribution in [0.3, 0.4) is 0 Å². The molecule has 0 spiro atoms. The van der Waals surface area contributed by atoms with Crippen molar-refractivity contribution in [2.45, 2.75) is 38.8 Å². The molecule has 2 unspecified atom stereocenters. The van der Waals surface area contributed by atoms with E-state index >= 15 is 0 Å². The van der Waals surface area contributed by atoms with Gasteiger partial charge in [0.1, 0.15) is 6.10 Å². The van der Waals surface area contributed by atoms with E-state index in [4.69, 9.17) is 10.5 Å². The number of hydrogen-bond donors (Lipinski definition) is 2. The Bertz CT molecular complexity index is 640. The molecule has 3 N–H and O–H groups in total. The number of hydrogen-bond acceptors (Lipinski definition) is 6. The Balaban J connectivity index is 2.06. The summed E-state index contributed by atoms with van der Waals surface area (Å²) in [6.45, 7) is 1.84. The lowest BCUT2D eigenvalue weighted by molar-refractivity contribution is -0.159. The summed E-state index contributed by atoms with van der Waals surface area (Å²) in [5.41, 5.74) is 6.21. The summed E-state index contributed by atoms with van der Waals surface area (Å²) in [6, 6.07) is -0.344. The third-order valence-electron chi connectivity index (χ3n) is 3.95. The summed E-state index contributed by atoms with van der Waals surface area (Å²) in [4.78, 5) is 37.0. The molecule has 2 atom stereocenters. The van der Waals surface area contributed by atoms with Crippen molar-refractivity contribution in [3.63, 3.8) is 0 Å². The van der Waals surface area contributed by atoms with Gasteiger partial charge < -0.3 is 20.7 Å². The van der Waals surface area contributed by atoms with E-state index in [9.17, 15) is 14.4 Å². The summed E-state index contributed by atoms with van der Waals surface area (Å²) in [5, 5.41) is 6.78. The lowest BCUT2D eigenvalue weighted by atomic mass is 9.81. The van der Waals surface area contributed by atoms with Gasteiger partial charge in [0.05, 0.1) is 5.92 Å². The minimum atomic E-state index is -0.402. The number of nitrogens with zero attached hydrogens (tertiary/aromatic N) is 3. The quantitative estimate of drug-likeness (QED) is 0.757. The van der Waals surface area contributed by atoms with Crippen LogP contribution in [0.2, 0.25) is 0 Å². The first kappa shape index (κ1) is 17.9. The van der Waals surface area contributed by atoms with Gasteiger partial charge in [-0.1, -0.05) is 6.92 Å². The Kier molecular flexibility index (Phi) is 5.55. The zero-order chi connectivity index (χ0) is 17.9.